The van der Waals surface area contributed by atoms with Gasteiger partial charge in [0.05, 0.1) is 5.75 Å². The van der Waals surface area contributed by atoms with Crippen LogP contribution < -0.4 is 15.8 Å². The van der Waals surface area contributed by atoms with Gasteiger partial charge in [0.15, 0.2) is 15.9 Å². The Hall–Kier alpha value is -2.65. The van der Waals surface area contributed by atoms with E-state index in [1.54, 1.807) is 10.6 Å². The molecule has 0 atom stereocenters. The molecule has 0 radical (unpaired) electrons. The predicted octanol–water partition coefficient (Wildman–Crippen LogP) is 4.38. The van der Waals surface area contributed by atoms with Gasteiger partial charge in [-0.25, -0.2) is 4.98 Å². The maximum absolute atomic E-state index is 13.2. The molecule has 1 aliphatic heterocycles. The number of aryl methyl sites for hydroxylation is 2. The van der Waals surface area contributed by atoms with E-state index >= 15 is 0 Å². The van der Waals surface area contributed by atoms with Crippen molar-refractivity contribution in [2.45, 2.75) is 44.8 Å². The lowest BCUT2D eigenvalue weighted by Crippen LogP contribution is -2.29. The monoisotopic (exact) mass is 469 g/mol. The first-order chi connectivity index (χ1) is 15.5. The van der Waals surface area contributed by atoms with Gasteiger partial charge in [-0.05, 0) is 44.7 Å². The molecule has 2 aromatic heterocycles. The summed E-state index contributed by atoms with van der Waals surface area (Å²) in [5.74, 6) is -0.000319. The highest BCUT2D eigenvalue weighted by atomic mass is 32.2. The summed E-state index contributed by atoms with van der Waals surface area (Å²) in [4.78, 5) is 37.3. The van der Waals surface area contributed by atoms with Crippen LogP contribution in [0, 0.1) is 13.8 Å². The van der Waals surface area contributed by atoms with Crippen LogP contribution in [0.1, 0.15) is 30.4 Å². The van der Waals surface area contributed by atoms with Crippen molar-refractivity contribution in [1.82, 2.24) is 14.5 Å². The number of rotatable bonds is 7. The van der Waals surface area contributed by atoms with Gasteiger partial charge in [0.25, 0.3) is 5.56 Å². The number of nitrogens with one attached hydrogen (secondary N) is 1. The van der Waals surface area contributed by atoms with E-state index in [0.29, 0.717) is 22.0 Å². The minimum atomic E-state index is -0.145. The molecule has 3 aromatic rings. The molecule has 168 valence electrons. The van der Waals surface area contributed by atoms with Crippen LogP contribution in [0.4, 0.5) is 10.8 Å². The highest BCUT2D eigenvalue weighted by molar-refractivity contribution is 7.99. The largest absolute Gasteiger partial charge is 0.348 e. The van der Waals surface area contributed by atoms with E-state index in [0.717, 1.165) is 47.9 Å². The molecule has 1 saturated heterocycles. The molecule has 1 N–H and O–H groups in total. The second kappa shape index (κ2) is 9.87. The third-order valence-electron chi connectivity index (χ3n) is 5.40. The summed E-state index contributed by atoms with van der Waals surface area (Å²) in [5, 5.41) is 4.27. The fourth-order valence-corrected chi connectivity index (χ4v) is 5.57. The fraction of sp³-hybridized carbons (Fsp3) is 0.391. The number of thiazole rings is 1. The van der Waals surface area contributed by atoms with Gasteiger partial charge in [0.1, 0.15) is 4.70 Å². The lowest BCUT2D eigenvalue weighted by molar-refractivity contribution is -0.113. The van der Waals surface area contributed by atoms with Crippen LogP contribution in [-0.4, -0.2) is 39.3 Å². The number of piperidine rings is 1. The third-order valence-corrected chi connectivity index (χ3v) is 7.47. The Bertz CT molecular complexity index is 1210. The lowest BCUT2D eigenvalue weighted by Gasteiger charge is -2.25. The number of aromatic nitrogens is 3. The molecular weight excluding hydrogens is 442 g/mol. The molecule has 0 bridgehead atoms. The van der Waals surface area contributed by atoms with Crippen molar-refractivity contribution in [1.29, 1.82) is 0 Å². The minimum absolute atomic E-state index is 0.132. The quantitative estimate of drug-likeness (QED) is 0.314. The first-order valence-corrected chi connectivity index (χ1v) is 12.5. The zero-order valence-corrected chi connectivity index (χ0v) is 20.0. The first-order valence-electron chi connectivity index (χ1n) is 10.7. The van der Waals surface area contributed by atoms with Crippen LogP contribution in [0.5, 0.6) is 0 Å². The van der Waals surface area contributed by atoms with E-state index in [-0.39, 0.29) is 17.2 Å². The topological polar surface area (TPSA) is 80.1 Å². The zero-order valence-electron chi connectivity index (χ0n) is 18.4. The Morgan fingerprint density at radius 2 is 2.03 bits per heavy atom. The number of anilines is 2. The van der Waals surface area contributed by atoms with Crippen LogP contribution in [0.25, 0.3) is 10.3 Å². The van der Waals surface area contributed by atoms with E-state index in [2.05, 4.69) is 26.8 Å². The highest BCUT2D eigenvalue weighted by Crippen LogP contribution is 2.29. The normalized spacial score (nSPS) is 14.0. The highest BCUT2D eigenvalue weighted by Gasteiger charge is 2.20. The Kier molecular flexibility index (Phi) is 6.95. The molecule has 0 spiro atoms. The van der Waals surface area contributed by atoms with Gasteiger partial charge < -0.3 is 10.2 Å². The second-order valence-corrected chi connectivity index (χ2v) is 9.87. The maximum atomic E-state index is 13.2. The van der Waals surface area contributed by atoms with Crippen molar-refractivity contribution < 1.29 is 4.79 Å². The molecule has 1 amide bonds. The fourth-order valence-electron chi connectivity index (χ4n) is 3.77. The lowest BCUT2D eigenvalue weighted by atomic mass is 10.1. The number of carbonyl (C=O) groups excluding carboxylic acids is 1. The number of nitrogens with zero attached hydrogens (tertiary/aromatic N) is 4. The molecule has 32 heavy (non-hydrogen) atoms. The molecule has 4 rings (SSSR count). The molecular formula is C23H27N5O2S2. The summed E-state index contributed by atoms with van der Waals surface area (Å²) < 4.78 is 2.12. The van der Waals surface area contributed by atoms with Crippen molar-refractivity contribution in [3.05, 3.63) is 52.3 Å². The maximum Gasteiger partial charge on any atom is 0.274 e. The van der Waals surface area contributed by atoms with E-state index in [1.807, 2.05) is 32.0 Å². The van der Waals surface area contributed by atoms with Crippen molar-refractivity contribution in [3.63, 3.8) is 0 Å². The molecule has 0 unspecified atom stereocenters. The Balaban J connectivity index is 1.56. The third kappa shape index (κ3) is 4.88. The van der Waals surface area contributed by atoms with Crippen LogP contribution >= 0.6 is 23.1 Å². The van der Waals surface area contributed by atoms with Gasteiger partial charge in [-0.15, -0.1) is 6.58 Å². The first kappa shape index (κ1) is 22.5. The SMILES string of the molecule is C=CCn1c(SCC(=O)Nc2ccc(C)cc2C)nc2nc(N3CCCCC3)sc2c1=O. The van der Waals surface area contributed by atoms with Crippen molar-refractivity contribution in [2.24, 2.45) is 0 Å². The number of thioether (sulfide) groups is 1. The molecule has 3 heterocycles. The van der Waals surface area contributed by atoms with Crippen LogP contribution in [0.15, 0.2) is 40.8 Å². The molecule has 0 saturated carbocycles. The van der Waals surface area contributed by atoms with E-state index in [4.69, 9.17) is 0 Å². The number of hydrogen-bond acceptors (Lipinski definition) is 7. The van der Waals surface area contributed by atoms with Crippen molar-refractivity contribution in [3.8, 4) is 0 Å². The summed E-state index contributed by atoms with van der Waals surface area (Å²) in [6, 6.07) is 5.90. The molecule has 7 nitrogen and oxygen atoms in total. The van der Waals surface area contributed by atoms with Gasteiger partial charge in [0.2, 0.25) is 5.91 Å². The summed E-state index contributed by atoms with van der Waals surface area (Å²) in [6.07, 6.45) is 5.18. The number of hydrogen-bond donors (Lipinski definition) is 1. The van der Waals surface area contributed by atoms with Crippen molar-refractivity contribution >= 4 is 50.2 Å². The summed E-state index contributed by atoms with van der Waals surface area (Å²) in [6.45, 7) is 10.0. The molecule has 9 heteroatoms. The minimum Gasteiger partial charge on any atom is -0.348 e. The van der Waals surface area contributed by atoms with Gasteiger partial charge in [-0.1, -0.05) is 46.9 Å². The zero-order chi connectivity index (χ0) is 22.7. The van der Waals surface area contributed by atoms with Crippen LogP contribution in [-0.2, 0) is 11.3 Å². The van der Waals surface area contributed by atoms with Gasteiger partial charge >= 0.3 is 0 Å². The molecule has 1 fully saturated rings. The average molecular weight is 470 g/mol. The standard InChI is InChI=1S/C23H27N5O2S2/c1-4-10-28-21(30)19-20(25-22(32-19)27-11-6-5-7-12-27)26-23(28)31-14-18(29)24-17-9-8-15(2)13-16(17)3/h4,8-9,13H,1,5-7,10-12,14H2,2-3H3,(H,24,29). The van der Waals surface area contributed by atoms with Crippen LogP contribution in [0.2, 0.25) is 0 Å². The molecule has 1 aliphatic rings. The van der Waals surface area contributed by atoms with Gasteiger partial charge in [-0.2, -0.15) is 4.98 Å². The van der Waals surface area contributed by atoms with Crippen molar-refractivity contribution in [2.75, 3.05) is 29.1 Å². The van der Waals surface area contributed by atoms with E-state index < -0.39 is 0 Å². The number of benzene rings is 1. The Morgan fingerprint density at radius 3 is 2.75 bits per heavy atom. The summed E-state index contributed by atoms with van der Waals surface area (Å²) >= 11 is 2.64. The van der Waals surface area contributed by atoms with E-state index in [1.165, 1.54) is 29.5 Å². The molecule has 1 aromatic carbocycles. The average Bonchev–Trinajstić information content (AvgIpc) is 3.22. The smallest absolute Gasteiger partial charge is 0.274 e. The Labute approximate surface area is 195 Å². The predicted molar refractivity (Wildman–Crippen MR) is 133 cm³/mol. The Morgan fingerprint density at radius 1 is 1.25 bits per heavy atom. The van der Waals surface area contributed by atoms with Gasteiger partial charge in [0, 0.05) is 25.3 Å². The summed E-state index contributed by atoms with van der Waals surface area (Å²) in [5.41, 5.74) is 3.28. The number of carbonyl (C=O) groups is 1. The number of amides is 1. The second-order valence-electron chi connectivity index (χ2n) is 7.95. The van der Waals surface area contributed by atoms with Gasteiger partial charge in [-0.3, -0.25) is 14.2 Å². The summed E-state index contributed by atoms with van der Waals surface area (Å²) in [7, 11) is 0. The molecule has 0 aliphatic carbocycles. The number of fused-ring (bicyclic) bond motifs is 1. The number of allylic oxidation sites excluding steroid dienone is 1. The van der Waals surface area contributed by atoms with E-state index in [9.17, 15) is 9.59 Å². The van der Waals surface area contributed by atoms with Crippen LogP contribution in [0.3, 0.4) is 0 Å².